The average Bonchev–Trinajstić information content (AvgIpc) is 3.32. The lowest BCUT2D eigenvalue weighted by Gasteiger charge is -2.45. The standard InChI is InChI=1S/C27H40F3NO3/c1-17(15-31-12-10-21(16-31)34-27(28,29)30)22-8-9-23-20(5-4-11-26(22,23)3)7-6-19-13-24(32)18(2)25(33)14-19/h6-7,17,21-25,32-33H,2,4-5,8-16H2,1,3H3/b20-7+/t17-,21+,22-,23+,24-,25-,26-/m1/s1. The summed E-state index contributed by atoms with van der Waals surface area (Å²) in [7, 11) is 0. The first-order chi connectivity index (χ1) is 16.0. The van der Waals surface area contributed by atoms with Gasteiger partial charge >= 0.3 is 6.36 Å². The Morgan fingerprint density at radius 1 is 1.18 bits per heavy atom. The van der Waals surface area contributed by atoms with E-state index in [4.69, 9.17) is 0 Å². The average molecular weight is 484 g/mol. The van der Waals surface area contributed by atoms with Crippen LogP contribution >= 0.6 is 0 Å². The van der Waals surface area contributed by atoms with Gasteiger partial charge in [0.05, 0.1) is 18.3 Å². The van der Waals surface area contributed by atoms with Gasteiger partial charge in [-0.15, -0.1) is 13.2 Å². The summed E-state index contributed by atoms with van der Waals surface area (Å²) in [5, 5.41) is 20.3. The Labute approximate surface area is 201 Å². The van der Waals surface area contributed by atoms with Gasteiger partial charge in [0, 0.05) is 19.6 Å². The molecule has 4 nitrogen and oxygen atoms in total. The molecule has 0 bridgehead atoms. The highest BCUT2D eigenvalue weighted by molar-refractivity contribution is 5.29. The number of likely N-dealkylation sites (tertiary alicyclic amines) is 1. The molecule has 4 fully saturated rings. The highest BCUT2D eigenvalue weighted by Gasteiger charge is 2.51. The van der Waals surface area contributed by atoms with Crippen molar-refractivity contribution in [2.75, 3.05) is 19.6 Å². The van der Waals surface area contributed by atoms with Crippen molar-refractivity contribution in [1.82, 2.24) is 4.90 Å². The van der Waals surface area contributed by atoms with Crippen molar-refractivity contribution in [3.63, 3.8) is 0 Å². The van der Waals surface area contributed by atoms with Crippen LogP contribution < -0.4 is 0 Å². The van der Waals surface area contributed by atoms with Gasteiger partial charge in [-0.05, 0) is 80.1 Å². The van der Waals surface area contributed by atoms with Gasteiger partial charge in [-0.2, -0.15) is 0 Å². The van der Waals surface area contributed by atoms with Gasteiger partial charge in [-0.3, -0.25) is 4.74 Å². The molecule has 4 rings (SSSR count). The van der Waals surface area contributed by atoms with Crippen LogP contribution in [0.1, 0.15) is 65.2 Å². The fraction of sp³-hybridized carbons (Fsp3) is 0.778. The van der Waals surface area contributed by atoms with E-state index in [0.29, 0.717) is 55.7 Å². The van der Waals surface area contributed by atoms with E-state index >= 15 is 0 Å². The van der Waals surface area contributed by atoms with Crippen LogP contribution in [0.3, 0.4) is 0 Å². The molecule has 0 aromatic heterocycles. The molecule has 1 saturated heterocycles. The summed E-state index contributed by atoms with van der Waals surface area (Å²) >= 11 is 0. The fourth-order valence-corrected chi connectivity index (χ4v) is 7.42. The van der Waals surface area contributed by atoms with Gasteiger partial charge < -0.3 is 15.1 Å². The maximum absolute atomic E-state index is 12.6. The van der Waals surface area contributed by atoms with Gasteiger partial charge in [0.2, 0.25) is 0 Å². The number of fused-ring (bicyclic) bond motifs is 1. The van der Waals surface area contributed by atoms with Crippen molar-refractivity contribution in [2.24, 2.45) is 23.2 Å². The summed E-state index contributed by atoms with van der Waals surface area (Å²) in [6, 6.07) is 0. The number of rotatable bonds is 5. The number of hydrogen-bond donors (Lipinski definition) is 2. The Balaban J connectivity index is 1.39. The zero-order valence-corrected chi connectivity index (χ0v) is 20.5. The molecule has 0 aromatic carbocycles. The first-order valence-corrected chi connectivity index (χ1v) is 12.9. The molecule has 0 unspecified atom stereocenters. The van der Waals surface area contributed by atoms with Crippen molar-refractivity contribution in [3.05, 3.63) is 35.5 Å². The lowest BCUT2D eigenvalue weighted by Crippen LogP contribution is -2.39. The van der Waals surface area contributed by atoms with Crippen LogP contribution in [0.15, 0.2) is 35.5 Å². The normalized spacial score (nSPS) is 39.5. The van der Waals surface area contributed by atoms with Crippen molar-refractivity contribution < 1.29 is 28.1 Å². The number of halogens is 3. The van der Waals surface area contributed by atoms with Crippen LogP contribution in [-0.2, 0) is 4.74 Å². The number of aliphatic hydroxyl groups is 2. The molecule has 34 heavy (non-hydrogen) atoms. The van der Waals surface area contributed by atoms with Crippen molar-refractivity contribution in [3.8, 4) is 0 Å². The summed E-state index contributed by atoms with van der Waals surface area (Å²) in [5.41, 5.74) is 3.27. The van der Waals surface area contributed by atoms with Gasteiger partial charge in [0.15, 0.2) is 0 Å². The summed E-state index contributed by atoms with van der Waals surface area (Å²) in [6.07, 6.45) is 4.97. The molecule has 1 heterocycles. The largest absolute Gasteiger partial charge is 0.522 e. The van der Waals surface area contributed by atoms with E-state index in [0.717, 1.165) is 37.8 Å². The minimum atomic E-state index is -4.56. The molecule has 2 N–H and O–H groups in total. The first kappa shape index (κ1) is 25.9. The van der Waals surface area contributed by atoms with E-state index in [-0.39, 0.29) is 5.41 Å². The molecule has 0 radical (unpaired) electrons. The Morgan fingerprint density at radius 2 is 1.88 bits per heavy atom. The Hall–Kier alpha value is -1.15. The second-order valence-corrected chi connectivity index (χ2v) is 11.4. The minimum absolute atomic E-state index is 0.212. The highest BCUT2D eigenvalue weighted by Crippen LogP contribution is 2.59. The van der Waals surface area contributed by atoms with Gasteiger partial charge in [-0.1, -0.05) is 43.7 Å². The maximum atomic E-state index is 12.6. The predicted molar refractivity (Wildman–Crippen MR) is 126 cm³/mol. The molecule has 3 aliphatic carbocycles. The van der Waals surface area contributed by atoms with Crippen molar-refractivity contribution >= 4 is 0 Å². The molecule has 192 valence electrons. The lowest BCUT2D eigenvalue weighted by molar-refractivity contribution is -0.340. The van der Waals surface area contributed by atoms with E-state index in [1.54, 1.807) is 0 Å². The number of allylic oxidation sites excluding steroid dienone is 3. The van der Waals surface area contributed by atoms with E-state index in [9.17, 15) is 23.4 Å². The molecule has 3 saturated carbocycles. The van der Waals surface area contributed by atoms with Crippen LogP contribution in [0.25, 0.3) is 0 Å². The van der Waals surface area contributed by atoms with E-state index in [1.807, 2.05) is 0 Å². The summed E-state index contributed by atoms with van der Waals surface area (Å²) in [4.78, 5) is 2.15. The number of ether oxygens (including phenoxy) is 1. The van der Waals surface area contributed by atoms with Crippen LogP contribution in [0.4, 0.5) is 13.2 Å². The van der Waals surface area contributed by atoms with Gasteiger partial charge in [0.1, 0.15) is 0 Å². The SMILES string of the molecule is C=C1[C@H](O)CC(=C/C=C2\CCC[C@]3(C)[C@@H]([C@H](C)CN4CC[C@H](OC(F)(F)F)C4)CC[C@@H]23)C[C@H]1O. The lowest BCUT2D eigenvalue weighted by atomic mass is 9.61. The number of alkyl halides is 3. The molecule has 7 atom stereocenters. The number of aliphatic hydroxyl groups excluding tert-OH is 2. The Morgan fingerprint density at radius 3 is 2.56 bits per heavy atom. The van der Waals surface area contributed by atoms with Crippen LogP contribution in [0.2, 0.25) is 0 Å². The molecule has 0 aromatic rings. The van der Waals surface area contributed by atoms with E-state index < -0.39 is 24.7 Å². The van der Waals surface area contributed by atoms with Gasteiger partial charge in [0.25, 0.3) is 0 Å². The third kappa shape index (κ3) is 5.63. The predicted octanol–water partition coefficient (Wildman–Crippen LogP) is 5.37. The smallest absolute Gasteiger partial charge is 0.388 e. The maximum Gasteiger partial charge on any atom is 0.522 e. The van der Waals surface area contributed by atoms with Crippen molar-refractivity contribution in [2.45, 2.75) is 89.9 Å². The highest BCUT2D eigenvalue weighted by atomic mass is 19.4. The number of hydrogen-bond acceptors (Lipinski definition) is 4. The van der Waals surface area contributed by atoms with Crippen LogP contribution in [-0.4, -0.2) is 59.4 Å². The molecule has 4 aliphatic rings. The second-order valence-electron chi connectivity index (χ2n) is 11.4. The van der Waals surface area contributed by atoms with E-state index in [1.165, 1.54) is 12.0 Å². The van der Waals surface area contributed by atoms with Gasteiger partial charge in [-0.25, -0.2) is 0 Å². The minimum Gasteiger partial charge on any atom is -0.388 e. The van der Waals surface area contributed by atoms with Crippen LogP contribution in [0, 0.1) is 23.2 Å². The molecule has 0 spiro atoms. The number of nitrogens with zero attached hydrogens (tertiary/aromatic N) is 1. The monoisotopic (exact) mass is 483 g/mol. The molecular formula is C27H40F3NO3. The fourth-order valence-electron chi connectivity index (χ4n) is 7.42. The Kier molecular flexibility index (Phi) is 7.68. The first-order valence-electron chi connectivity index (χ1n) is 12.9. The molecule has 0 amide bonds. The summed E-state index contributed by atoms with van der Waals surface area (Å²) in [5.74, 6) is 1.50. The quantitative estimate of drug-likeness (QED) is 0.516. The zero-order chi connectivity index (χ0) is 24.7. The molecular weight excluding hydrogens is 443 g/mol. The second kappa shape index (κ2) is 10.1. The molecule has 7 heteroatoms. The topological polar surface area (TPSA) is 52.9 Å². The van der Waals surface area contributed by atoms with Crippen LogP contribution in [0.5, 0.6) is 0 Å². The third-order valence-electron chi connectivity index (χ3n) is 9.10. The molecule has 1 aliphatic heterocycles. The zero-order valence-electron chi connectivity index (χ0n) is 20.5. The van der Waals surface area contributed by atoms with Crippen molar-refractivity contribution in [1.29, 1.82) is 0 Å². The van der Waals surface area contributed by atoms with E-state index in [2.05, 4.69) is 42.2 Å². The third-order valence-corrected chi connectivity index (χ3v) is 9.10. The Bertz CT molecular complexity index is 806. The summed E-state index contributed by atoms with van der Waals surface area (Å²) < 4.78 is 42.0. The summed E-state index contributed by atoms with van der Waals surface area (Å²) in [6.45, 7) is 10.3.